The van der Waals surface area contributed by atoms with Gasteiger partial charge in [-0.05, 0) is 104 Å². The Morgan fingerprint density at radius 1 is 1.03 bits per heavy atom. The van der Waals surface area contributed by atoms with E-state index in [1.807, 2.05) is 0 Å². The number of hydrogen-bond donors (Lipinski definition) is 1. The molecule has 0 heterocycles. The Morgan fingerprint density at radius 3 is 2.43 bits per heavy atom. The summed E-state index contributed by atoms with van der Waals surface area (Å²) in [6, 6.07) is -0.484. The molecule has 0 bridgehead atoms. The zero-order chi connectivity index (χ0) is 26.3. The Hall–Kier alpha value is 0.170. The second-order valence-corrected chi connectivity index (χ2v) is 14.8. The van der Waals surface area contributed by atoms with Crippen LogP contribution < -0.4 is 35.3 Å². The molecule has 37 heavy (non-hydrogen) atoms. The molecule has 0 aromatic heterocycles. The van der Waals surface area contributed by atoms with E-state index in [0.29, 0.717) is 23.2 Å². The minimum atomic E-state index is -0.484. The molecule has 4 rings (SSSR count). The van der Waals surface area contributed by atoms with Crippen LogP contribution in [0.4, 0.5) is 0 Å². The minimum Gasteiger partial charge on any atom is -1.00 e. The fraction of sp³-hybridized carbons (Fsp3) is 0.909. The van der Waals surface area contributed by atoms with Crippen molar-refractivity contribution < 1.29 is 40.5 Å². The number of rotatable bonds is 9. The predicted molar refractivity (Wildman–Crippen MR) is 151 cm³/mol. The van der Waals surface area contributed by atoms with Crippen LogP contribution in [0.3, 0.4) is 0 Å². The van der Waals surface area contributed by atoms with Crippen LogP contribution in [0, 0.1) is 52.3 Å². The van der Waals surface area contributed by atoms with Crippen LogP contribution in [0.25, 0.3) is 0 Å². The van der Waals surface area contributed by atoms with Gasteiger partial charge in [0, 0.05) is 6.42 Å². The second-order valence-electron chi connectivity index (χ2n) is 14.8. The monoisotopic (exact) mass is 523 g/mol. The third-order valence-corrected chi connectivity index (χ3v) is 11.6. The number of ether oxygens (including phenoxy) is 1. The van der Waals surface area contributed by atoms with Gasteiger partial charge in [-0.2, -0.15) is 0 Å². The van der Waals surface area contributed by atoms with Crippen molar-refractivity contribution in [3.05, 3.63) is 11.6 Å². The minimum absolute atomic E-state index is 0. The third-order valence-electron chi connectivity index (χ3n) is 11.6. The largest absolute Gasteiger partial charge is 1.00 e. The second kappa shape index (κ2) is 12.8. The molecule has 4 heteroatoms. The molecule has 0 spiro atoms. The Kier molecular flexibility index (Phi) is 10.9. The molecule has 2 N–H and O–H groups in total. The zero-order valence-corrected chi connectivity index (χ0v) is 27.7. The molecule has 208 valence electrons. The molecule has 0 radical (unpaired) electrons. The summed E-state index contributed by atoms with van der Waals surface area (Å²) in [5, 5.41) is 0. The fourth-order valence-electron chi connectivity index (χ4n) is 9.61. The van der Waals surface area contributed by atoms with Gasteiger partial charge in [0.2, 0.25) is 0 Å². The fourth-order valence-corrected chi connectivity index (χ4v) is 9.61. The topological polar surface area (TPSA) is 52.3 Å². The molecule has 0 aromatic rings. The summed E-state index contributed by atoms with van der Waals surface area (Å²) < 4.78 is 5.95. The van der Waals surface area contributed by atoms with E-state index in [4.69, 9.17) is 10.5 Å². The van der Waals surface area contributed by atoms with E-state index in [0.717, 1.165) is 54.8 Å². The van der Waals surface area contributed by atoms with Crippen LogP contribution in [0.15, 0.2) is 11.6 Å². The van der Waals surface area contributed by atoms with Crippen LogP contribution >= 0.6 is 0 Å². The maximum atomic E-state index is 12.6. The number of nitrogens with two attached hydrogens (primary N) is 1. The molecule has 0 amide bonds. The van der Waals surface area contributed by atoms with Crippen molar-refractivity contribution in [2.75, 3.05) is 0 Å². The van der Waals surface area contributed by atoms with E-state index in [1.54, 1.807) is 5.57 Å². The van der Waals surface area contributed by atoms with Crippen LogP contribution in [0.1, 0.15) is 127 Å². The van der Waals surface area contributed by atoms with Crippen LogP contribution in [0.2, 0.25) is 0 Å². The normalized spacial score (nSPS) is 38.6. The van der Waals surface area contributed by atoms with Gasteiger partial charge in [0.05, 0.1) is 0 Å². The van der Waals surface area contributed by atoms with Crippen LogP contribution in [-0.2, 0) is 9.53 Å². The Labute approximate surface area is 252 Å². The van der Waals surface area contributed by atoms with E-state index in [2.05, 4.69) is 54.5 Å². The molecule has 0 saturated heterocycles. The first-order chi connectivity index (χ1) is 17.0. The van der Waals surface area contributed by atoms with Gasteiger partial charge < -0.3 is 11.9 Å². The van der Waals surface area contributed by atoms with Gasteiger partial charge in [-0.15, -0.1) is 0 Å². The number of fused-ring (bicyclic) bond motifs is 5. The molecule has 9 atom stereocenters. The van der Waals surface area contributed by atoms with Crippen molar-refractivity contribution in [2.45, 2.75) is 138 Å². The van der Waals surface area contributed by atoms with Crippen molar-refractivity contribution in [3.8, 4) is 0 Å². The van der Waals surface area contributed by atoms with Gasteiger partial charge in [0.25, 0.3) is 0 Å². The summed E-state index contributed by atoms with van der Waals surface area (Å²) in [5.41, 5.74) is 8.55. The van der Waals surface area contributed by atoms with E-state index in [-0.39, 0.29) is 43.1 Å². The van der Waals surface area contributed by atoms with E-state index in [9.17, 15) is 4.79 Å². The summed E-state index contributed by atoms with van der Waals surface area (Å²) in [5.74, 6) is 5.39. The van der Waals surface area contributed by atoms with E-state index < -0.39 is 6.04 Å². The smallest absolute Gasteiger partial charge is 1.00 e. The Morgan fingerprint density at radius 2 is 1.76 bits per heavy atom. The SMILES string of the molecule is CC(C)CCC[C@@H](C)[C@H]1CC[C@H]2[C@@H]3CC=C4C[C@@H](OC(=O)[C@@H](N)CC(C)C)CC[C@]4(C)[C@H]3CC[C@]12C.[H-].[Na+]. The van der Waals surface area contributed by atoms with Gasteiger partial charge >= 0.3 is 35.5 Å². The first kappa shape index (κ1) is 31.7. The van der Waals surface area contributed by atoms with Gasteiger partial charge in [-0.3, -0.25) is 4.79 Å². The third kappa shape index (κ3) is 6.57. The van der Waals surface area contributed by atoms with Gasteiger partial charge in [0.1, 0.15) is 12.1 Å². The maximum Gasteiger partial charge on any atom is 1.00 e. The molecule has 0 unspecified atom stereocenters. The average molecular weight is 524 g/mol. The average Bonchev–Trinajstić information content (AvgIpc) is 3.15. The van der Waals surface area contributed by atoms with E-state index in [1.165, 1.54) is 51.4 Å². The first-order valence-corrected chi connectivity index (χ1v) is 15.6. The Bertz CT molecular complexity index is 815. The number of allylic oxidation sites excluding steroid dienone is 1. The number of hydrogen-bond acceptors (Lipinski definition) is 3. The molecular weight excluding hydrogens is 465 g/mol. The van der Waals surface area contributed by atoms with Crippen LogP contribution in [0.5, 0.6) is 0 Å². The van der Waals surface area contributed by atoms with Gasteiger partial charge in [-0.25, -0.2) is 0 Å². The van der Waals surface area contributed by atoms with Crippen molar-refractivity contribution in [1.82, 2.24) is 0 Å². The number of carbonyl (C=O) groups excluding carboxylic acids is 1. The van der Waals surface area contributed by atoms with Crippen molar-refractivity contribution in [2.24, 2.45) is 58.0 Å². The molecule has 3 saturated carbocycles. The van der Waals surface area contributed by atoms with Crippen molar-refractivity contribution >= 4 is 5.97 Å². The summed E-state index contributed by atoms with van der Waals surface area (Å²) in [7, 11) is 0. The molecule has 0 aliphatic heterocycles. The quantitative estimate of drug-likeness (QED) is 0.249. The summed E-state index contributed by atoms with van der Waals surface area (Å²) in [6.45, 7) is 16.8. The molecule has 3 nitrogen and oxygen atoms in total. The summed E-state index contributed by atoms with van der Waals surface area (Å²) in [4.78, 5) is 12.6. The van der Waals surface area contributed by atoms with Crippen molar-refractivity contribution in [3.63, 3.8) is 0 Å². The van der Waals surface area contributed by atoms with Crippen LogP contribution in [-0.4, -0.2) is 18.1 Å². The molecule has 4 aliphatic rings. The molecule has 3 fully saturated rings. The van der Waals surface area contributed by atoms with E-state index >= 15 is 0 Å². The maximum absolute atomic E-state index is 12.6. The van der Waals surface area contributed by atoms with Gasteiger partial charge in [-0.1, -0.05) is 79.4 Å². The zero-order valence-electron chi connectivity index (χ0n) is 26.7. The summed E-state index contributed by atoms with van der Waals surface area (Å²) in [6.07, 6.45) is 17.6. The molecule has 0 aromatic carbocycles. The summed E-state index contributed by atoms with van der Waals surface area (Å²) >= 11 is 0. The number of esters is 1. The van der Waals surface area contributed by atoms with Gasteiger partial charge in [0.15, 0.2) is 0 Å². The first-order valence-electron chi connectivity index (χ1n) is 15.6. The predicted octanol–water partition coefficient (Wildman–Crippen LogP) is 5.43. The van der Waals surface area contributed by atoms with Crippen molar-refractivity contribution in [1.29, 1.82) is 0 Å². The molecule has 4 aliphatic carbocycles. The number of carbonyl (C=O) groups is 1. The molecular formula is C33H58NNaO2. The standard InChI is InChI=1S/C33H57NO2.Na.H/c1-21(2)9-8-10-23(5)27-13-14-28-26-12-11-24-20-25(36-31(35)30(34)19-22(3)4)15-17-32(24,6)29(26)16-18-33(27,28)7;;/h11,21-23,25-30H,8-10,12-20,34H2,1-7H3;;/q;+1;-1/t23-,25+,26+,27-,28+,29+,30+,32+,33-;;/m1../s1. The Balaban J connectivity index is 0.00000253.